The van der Waals surface area contributed by atoms with Crippen molar-refractivity contribution >= 4 is 29.2 Å². The van der Waals surface area contributed by atoms with E-state index in [1.807, 2.05) is 25.1 Å². The summed E-state index contributed by atoms with van der Waals surface area (Å²) in [7, 11) is 0. The Morgan fingerprint density at radius 3 is 2.59 bits per heavy atom. The summed E-state index contributed by atoms with van der Waals surface area (Å²) in [5, 5.41) is 6.02. The number of nitrogens with one attached hydrogen (secondary N) is 2. The molecule has 0 atom stereocenters. The normalized spacial score (nSPS) is 14.2. The summed E-state index contributed by atoms with van der Waals surface area (Å²) in [6.45, 7) is 4.78. The van der Waals surface area contributed by atoms with Crippen LogP contribution in [0.4, 0.5) is 27.7 Å². The molecule has 0 bridgehead atoms. The maximum atomic E-state index is 13.8. The van der Waals surface area contributed by atoms with Crippen molar-refractivity contribution < 1.29 is 13.9 Å². The number of hydrogen-bond acceptors (Lipinski definition) is 7. The first kappa shape index (κ1) is 21.5. The first-order valence-corrected chi connectivity index (χ1v) is 10.5. The van der Waals surface area contributed by atoms with Gasteiger partial charge in [-0.05, 0) is 36.8 Å². The topological polar surface area (TPSA) is 92.3 Å². The van der Waals surface area contributed by atoms with Gasteiger partial charge in [-0.25, -0.2) is 14.4 Å². The number of amides is 1. The van der Waals surface area contributed by atoms with E-state index in [0.717, 1.165) is 29.8 Å². The van der Waals surface area contributed by atoms with E-state index >= 15 is 0 Å². The minimum absolute atomic E-state index is 0.0539. The molecule has 2 heterocycles. The molecule has 0 aliphatic carbocycles. The van der Waals surface area contributed by atoms with Crippen molar-refractivity contribution in [3.8, 4) is 5.75 Å². The van der Waals surface area contributed by atoms with E-state index in [4.69, 9.17) is 4.74 Å². The molecule has 1 fully saturated rings. The molecule has 1 aliphatic rings. The minimum atomic E-state index is -0.346. The van der Waals surface area contributed by atoms with Crippen molar-refractivity contribution in [3.63, 3.8) is 0 Å². The molecule has 2 N–H and O–H groups in total. The van der Waals surface area contributed by atoms with Crippen LogP contribution in [0, 0.1) is 12.7 Å². The van der Waals surface area contributed by atoms with Crippen molar-refractivity contribution in [2.75, 3.05) is 28.6 Å². The average Bonchev–Trinajstić information content (AvgIpc) is 2.78. The van der Waals surface area contributed by atoms with Crippen LogP contribution in [0.1, 0.15) is 25.3 Å². The van der Waals surface area contributed by atoms with Gasteiger partial charge in [0.25, 0.3) is 0 Å². The Kier molecular flexibility index (Phi) is 6.44. The van der Waals surface area contributed by atoms with Gasteiger partial charge in [-0.1, -0.05) is 18.2 Å². The third-order valence-corrected chi connectivity index (χ3v) is 5.31. The van der Waals surface area contributed by atoms with Crippen LogP contribution >= 0.6 is 0 Å². The van der Waals surface area contributed by atoms with Crippen LogP contribution < -0.4 is 20.3 Å². The van der Waals surface area contributed by atoms with E-state index in [-0.39, 0.29) is 23.6 Å². The highest BCUT2D eigenvalue weighted by atomic mass is 19.1. The fourth-order valence-electron chi connectivity index (χ4n) is 3.61. The number of piperidine rings is 1. The standard InChI is InChI=1S/C23H25FN6O2/c1-15-19(27-16(2)31)7-5-8-20(15)28-22-25-14-26-23(29-22)30-12-10-17(11-13-30)32-21-9-4-3-6-18(21)24/h3-9,14,17H,10-13H2,1-2H3,(H,27,31)(H,25,26,28,29). The van der Waals surface area contributed by atoms with Gasteiger partial charge in [-0.2, -0.15) is 4.98 Å². The van der Waals surface area contributed by atoms with Crippen LogP contribution in [-0.2, 0) is 4.79 Å². The summed E-state index contributed by atoms with van der Waals surface area (Å²) >= 11 is 0. The summed E-state index contributed by atoms with van der Waals surface area (Å²) in [4.78, 5) is 26.6. The lowest BCUT2D eigenvalue weighted by atomic mass is 10.1. The number of anilines is 4. The smallest absolute Gasteiger partial charge is 0.232 e. The van der Waals surface area contributed by atoms with Crippen molar-refractivity contribution in [2.24, 2.45) is 0 Å². The number of halogens is 1. The van der Waals surface area contributed by atoms with E-state index in [1.54, 1.807) is 18.2 Å². The van der Waals surface area contributed by atoms with E-state index in [2.05, 4.69) is 30.5 Å². The van der Waals surface area contributed by atoms with E-state index in [1.165, 1.54) is 19.3 Å². The Bertz CT molecular complexity index is 1100. The predicted octanol–water partition coefficient (Wildman–Crippen LogP) is 4.07. The molecule has 4 rings (SSSR count). The maximum Gasteiger partial charge on any atom is 0.232 e. The first-order chi connectivity index (χ1) is 15.5. The lowest BCUT2D eigenvalue weighted by Crippen LogP contribution is -2.39. The Labute approximate surface area is 185 Å². The summed E-state index contributed by atoms with van der Waals surface area (Å²) in [5.74, 6) is 0.802. The second-order valence-electron chi connectivity index (χ2n) is 7.63. The van der Waals surface area contributed by atoms with Gasteiger partial charge in [0.1, 0.15) is 12.4 Å². The number of para-hydroxylation sites is 1. The van der Waals surface area contributed by atoms with Gasteiger partial charge < -0.3 is 20.3 Å². The molecule has 0 spiro atoms. The largest absolute Gasteiger partial charge is 0.487 e. The number of rotatable bonds is 6. The number of nitrogens with zero attached hydrogens (tertiary/aromatic N) is 4. The fraction of sp³-hybridized carbons (Fsp3) is 0.304. The van der Waals surface area contributed by atoms with Crippen LogP contribution in [0.5, 0.6) is 5.75 Å². The molecule has 9 heteroatoms. The molecule has 0 saturated carbocycles. The number of aromatic nitrogens is 3. The number of hydrogen-bond donors (Lipinski definition) is 2. The zero-order valence-electron chi connectivity index (χ0n) is 18.0. The lowest BCUT2D eigenvalue weighted by molar-refractivity contribution is -0.114. The monoisotopic (exact) mass is 436 g/mol. The van der Waals surface area contributed by atoms with Gasteiger partial charge in [0.05, 0.1) is 0 Å². The molecule has 1 amide bonds. The Balaban J connectivity index is 1.40. The maximum absolute atomic E-state index is 13.8. The molecule has 8 nitrogen and oxygen atoms in total. The van der Waals surface area contributed by atoms with Gasteiger partial charge in [-0.15, -0.1) is 0 Å². The first-order valence-electron chi connectivity index (χ1n) is 10.5. The van der Waals surface area contributed by atoms with Gasteiger partial charge in [0.2, 0.25) is 17.8 Å². The SMILES string of the molecule is CC(=O)Nc1cccc(Nc2ncnc(N3CCC(Oc4ccccc4F)CC3)n2)c1C. The quantitative estimate of drug-likeness (QED) is 0.602. The summed E-state index contributed by atoms with van der Waals surface area (Å²) < 4.78 is 19.7. The average molecular weight is 436 g/mol. The van der Waals surface area contributed by atoms with E-state index < -0.39 is 0 Å². The van der Waals surface area contributed by atoms with Gasteiger partial charge in [-0.3, -0.25) is 4.79 Å². The number of carbonyl (C=O) groups excluding carboxylic acids is 1. The van der Waals surface area contributed by atoms with Crippen molar-refractivity contribution in [3.05, 3.63) is 60.2 Å². The van der Waals surface area contributed by atoms with Gasteiger partial charge >= 0.3 is 0 Å². The Morgan fingerprint density at radius 1 is 1.09 bits per heavy atom. The van der Waals surface area contributed by atoms with Crippen LogP contribution in [0.3, 0.4) is 0 Å². The van der Waals surface area contributed by atoms with Crippen LogP contribution in [0.15, 0.2) is 48.8 Å². The third kappa shape index (κ3) is 5.11. The Morgan fingerprint density at radius 2 is 1.84 bits per heavy atom. The van der Waals surface area contributed by atoms with Gasteiger partial charge in [0.15, 0.2) is 11.6 Å². The highest BCUT2D eigenvalue weighted by Crippen LogP contribution is 2.27. The van der Waals surface area contributed by atoms with E-state index in [0.29, 0.717) is 25.0 Å². The highest BCUT2D eigenvalue weighted by Gasteiger charge is 2.23. The van der Waals surface area contributed by atoms with E-state index in [9.17, 15) is 9.18 Å². The third-order valence-electron chi connectivity index (χ3n) is 5.31. The Hall–Kier alpha value is -3.75. The molecule has 1 aliphatic heterocycles. The molecule has 166 valence electrons. The van der Waals surface area contributed by atoms with Crippen molar-refractivity contribution in [1.29, 1.82) is 0 Å². The van der Waals surface area contributed by atoms with Crippen molar-refractivity contribution in [1.82, 2.24) is 15.0 Å². The molecule has 1 saturated heterocycles. The lowest BCUT2D eigenvalue weighted by Gasteiger charge is -2.32. The van der Waals surface area contributed by atoms with Crippen LogP contribution in [0.25, 0.3) is 0 Å². The molecule has 0 unspecified atom stereocenters. The second-order valence-corrected chi connectivity index (χ2v) is 7.63. The second kappa shape index (κ2) is 9.59. The number of ether oxygens (including phenoxy) is 1. The van der Waals surface area contributed by atoms with Crippen molar-refractivity contribution in [2.45, 2.75) is 32.8 Å². The summed E-state index contributed by atoms with van der Waals surface area (Å²) in [6.07, 6.45) is 2.89. The minimum Gasteiger partial charge on any atom is -0.487 e. The van der Waals surface area contributed by atoms with Gasteiger partial charge in [0, 0.05) is 44.2 Å². The molecule has 3 aromatic rings. The molecular formula is C23H25FN6O2. The molecule has 32 heavy (non-hydrogen) atoms. The molecule has 0 radical (unpaired) electrons. The van der Waals surface area contributed by atoms with Crippen LogP contribution in [0.2, 0.25) is 0 Å². The fourth-order valence-corrected chi connectivity index (χ4v) is 3.61. The molecular weight excluding hydrogens is 411 g/mol. The molecule has 2 aromatic carbocycles. The zero-order valence-corrected chi connectivity index (χ0v) is 18.0. The summed E-state index contributed by atoms with van der Waals surface area (Å²) in [5.41, 5.74) is 2.41. The zero-order chi connectivity index (χ0) is 22.5. The van der Waals surface area contributed by atoms with Crippen LogP contribution in [-0.4, -0.2) is 40.1 Å². The number of benzene rings is 2. The highest BCUT2D eigenvalue weighted by molar-refractivity contribution is 5.90. The number of carbonyl (C=O) groups is 1. The predicted molar refractivity (Wildman–Crippen MR) is 121 cm³/mol. The summed E-state index contributed by atoms with van der Waals surface area (Å²) in [6, 6.07) is 12.0. The molecule has 1 aromatic heterocycles.